The van der Waals surface area contributed by atoms with Gasteiger partial charge in [-0.3, -0.25) is 4.79 Å². The molecule has 1 unspecified atom stereocenters. The van der Waals surface area contributed by atoms with Gasteiger partial charge in [-0.2, -0.15) is 0 Å². The molecule has 0 aromatic rings. The monoisotopic (exact) mass is 879 g/mol. The highest BCUT2D eigenvalue weighted by molar-refractivity contribution is 6.56. The van der Waals surface area contributed by atoms with Crippen molar-refractivity contribution in [2.45, 2.75) is 225 Å². The van der Waals surface area contributed by atoms with Gasteiger partial charge in [0.1, 0.15) is 24.4 Å². The maximum Gasteiger partial charge on any atom is 0.536 e. The summed E-state index contributed by atoms with van der Waals surface area (Å²) in [5.41, 5.74) is 4.48. The van der Waals surface area contributed by atoms with Gasteiger partial charge in [0.05, 0.1) is 36.6 Å². The Balaban J connectivity index is 1.36. The van der Waals surface area contributed by atoms with E-state index in [4.69, 9.17) is 52.8 Å². The summed E-state index contributed by atoms with van der Waals surface area (Å²) in [6.07, 6.45) is -0.362. The summed E-state index contributed by atoms with van der Waals surface area (Å²) in [6.45, 7) is 15.1. The predicted octanol–water partition coefficient (Wildman–Crippen LogP) is 4.89. The first kappa shape index (κ1) is 47.8. The zero-order chi connectivity index (χ0) is 45.2. The van der Waals surface area contributed by atoms with Crippen molar-refractivity contribution in [1.29, 1.82) is 0 Å². The number of carbonyl (C=O) groups excluding carboxylic acids is 3. The van der Waals surface area contributed by atoms with E-state index in [0.717, 1.165) is 0 Å². The Bertz CT molecular complexity index is 1680. The highest BCUT2D eigenvalue weighted by Crippen LogP contribution is 2.57. The molecule has 0 aromatic heterocycles. The van der Waals surface area contributed by atoms with Crippen molar-refractivity contribution in [3.05, 3.63) is 12.2 Å². The van der Waals surface area contributed by atoms with E-state index < -0.39 is 126 Å². The molecule has 0 saturated carbocycles. The molecule has 352 valence electrons. The average molecular weight is 879 g/mol. The van der Waals surface area contributed by atoms with Crippen molar-refractivity contribution >= 4 is 24.9 Å². The molecule has 4 N–H and O–H groups in total. The van der Waals surface area contributed by atoms with E-state index in [2.05, 4.69) is 0 Å². The van der Waals surface area contributed by atoms with Crippen molar-refractivity contribution in [3.8, 4) is 0 Å². The number of hydrogen-bond donors (Lipinski definition) is 3. The van der Waals surface area contributed by atoms with E-state index in [0.29, 0.717) is 64.2 Å². The number of nitrogens with two attached hydrogens (primary N) is 1. The molecule has 0 aromatic carbocycles. The largest absolute Gasteiger partial charge is 0.536 e. The van der Waals surface area contributed by atoms with Crippen LogP contribution in [-0.2, 0) is 61.4 Å². The summed E-state index contributed by atoms with van der Waals surface area (Å²) < 4.78 is 66.0. The Kier molecular flexibility index (Phi) is 13.8. The molecule has 7 heterocycles. The second-order valence-corrected chi connectivity index (χ2v) is 20.9. The highest BCUT2D eigenvalue weighted by atomic mass is 17.0. The molecule has 16 nitrogen and oxygen atoms in total. The third kappa shape index (κ3) is 8.78. The van der Waals surface area contributed by atoms with E-state index in [-0.39, 0.29) is 18.4 Å². The molecule has 9 bridgehead atoms. The second kappa shape index (κ2) is 17.9. The number of fused-ring (bicyclic) bond motifs is 6. The summed E-state index contributed by atoms with van der Waals surface area (Å²) in [4.78, 5) is 42.9. The van der Waals surface area contributed by atoms with Crippen molar-refractivity contribution < 1.29 is 71.6 Å². The quantitative estimate of drug-likeness (QED) is 0.149. The van der Waals surface area contributed by atoms with E-state index in [1.54, 1.807) is 6.92 Å². The predicted molar refractivity (Wildman–Crippen MR) is 223 cm³/mol. The third-order valence-corrected chi connectivity index (χ3v) is 15.5. The van der Waals surface area contributed by atoms with Gasteiger partial charge in [-0.25, -0.2) is 9.59 Å². The lowest BCUT2D eigenvalue weighted by atomic mass is 9.73. The maximum absolute atomic E-state index is 15.0. The van der Waals surface area contributed by atoms with Gasteiger partial charge in [-0.15, -0.1) is 0 Å². The van der Waals surface area contributed by atoms with E-state index in [1.165, 1.54) is 0 Å². The Morgan fingerprint density at radius 2 is 1.34 bits per heavy atom. The molecule has 7 aliphatic heterocycles. The SMILES string of the molecule is CC(C)[C@@H](N)C(=O)O[C@H](C)[C@@H]1C/C=C/CC[C@H](O)C(C)(C)[C@@H]2CC[C@@H](C)[C@@]3(O2)O[B-]24O[C@@H](C(=O)O1)[C@@]1(O[C@@H](CC[C@H]1C)C(C)(C)[C@H](O)CCC[C@@H]1C[C@H](OC(=O)[C@@H]3O2)[C@@H](C)O1)O4. The Morgan fingerprint density at radius 1 is 0.790 bits per heavy atom. The first-order chi connectivity index (χ1) is 29.0. The van der Waals surface area contributed by atoms with Crippen molar-refractivity contribution in [2.75, 3.05) is 0 Å². The minimum atomic E-state index is -3.53. The third-order valence-electron chi connectivity index (χ3n) is 15.5. The number of carbonyl (C=O) groups is 3. The first-order valence-corrected chi connectivity index (χ1v) is 23.3. The molecule has 0 amide bonds. The fraction of sp³-hybridized carbons (Fsp3) is 0.889. The van der Waals surface area contributed by atoms with Crippen LogP contribution < -0.4 is 5.73 Å². The number of rotatable bonds is 4. The van der Waals surface area contributed by atoms with Gasteiger partial charge in [0.15, 0.2) is 23.8 Å². The van der Waals surface area contributed by atoms with Gasteiger partial charge in [-0.05, 0) is 77.6 Å². The molecule has 0 radical (unpaired) electrons. The topological polar surface area (TPSA) is 210 Å². The van der Waals surface area contributed by atoms with Crippen LogP contribution >= 0.6 is 0 Å². The van der Waals surface area contributed by atoms with Crippen LogP contribution in [0.4, 0.5) is 0 Å². The number of esters is 3. The van der Waals surface area contributed by atoms with Crippen molar-refractivity contribution in [1.82, 2.24) is 0 Å². The molecule has 6 fully saturated rings. The van der Waals surface area contributed by atoms with Crippen LogP contribution in [-0.4, -0.2) is 120 Å². The minimum absolute atomic E-state index is 0.142. The number of cyclic esters (lactones) is 1. The summed E-state index contributed by atoms with van der Waals surface area (Å²) in [6, 6.07) is -0.902. The Morgan fingerprint density at radius 3 is 1.90 bits per heavy atom. The smallest absolute Gasteiger partial charge is 0.504 e. The molecule has 7 aliphatic rings. The van der Waals surface area contributed by atoms with Crippen LogP contribution in [0.15, 0.2) is 12.2 Å². The zero-order valence-electron chi connectivity index (χ0n) is 38.4. The van der Waals surface area contributed by atoms with Gasteiger partial charge >= 0.3 is 24.9 Å². The van der Waals surface area contributed by atoms with Crippen LogP contribution in [0.1, 0.15) is 140 Å². The second-order valence-electron chi connectivity index (χ2n) is 20.9. The van der Waals surface area contributed by atoms with Gasteiger partial charge in [0.2, 0.25) is 0 Å². The lowest BCUT2D eigenvalue weighted by Crippen LogP contribution is -2.61. The van der Waals surface area contributed by atoms with Crippen molar-refractivity contribution in [3.63, 3.8) is 0 Å². The van der Waals surface area contributed by atoms with E-state index in [1.807, 2.05) is 74.5 Å². The summed E-state index contributed by atoms with van der Waals surface area (Å²) in [5, 5.41) is 23.6. The van der Waals surface area contributed by atoms with Crippen LogP contribution in [0.2, 0.25) is 0 Å². The summed E-state index contributed by atoms with van der Waals surface area (Å²) in [5.74, 6) is -7.31. The van der Waals surface area contributed by atoms with E-state index in [9.17, 15) is 19.8 Å². The number of allylic oxidation sites excluding steroid dienone is 1. The van der Waals surface area contributed by atoms with Crippen LogP contribution in [0.5, 0.6) is 0 Å². The minimum Gasteiger partial charge on any atom is -0.504 e. The Hall–Kier alpha value is -2.19. The summed E-state index contributed by atoms with van der Waals surface area (Å²) >= 11 is 0. The first-order valence-electron chi connectivity index (χ1n) is 23.3. The molecule has 17 atom stereocenters. The number of aliphatic hydroxyl groups excluding tert-OH is 2. The van der Waals surface area contributed by atoms with Crippen LogP contribution in [0, 0.1) is 28.6 Å². The van der Waals surface area contributed by atoms with Gasteiger partial charge in [0.25, 0.3) is 0 Å². The van der Waals surface area contributed by atoms with Gasteiger partial charge in [-0.1, -0.05) is 67.5 Å². The number of ether oxygens (including phenoxy) is 6. The standard InChI is InChI=1S/C45H73BNO15/c1-24(2)36(47)39(50)54-27(5)30-16-12-11-13-17-32(48)42(7,8)34-21-19-26(4)45(57-34)38-41(52)56-31-23-29(53-28(31)6)15-14-18-33(49)43(9,10)35-22-20-25(3)44(58-35)37(40(51)55-30)59-46(60-38,61-44)62-45/h11-12,24-38,48-49H,13-23,47H2,1-10H3/q-1/b12-11+/t25-,26-,27-,28-,29-,30+,31+,32+,33-,34+,35+,36-,37+,38+,44+,45-,46?/m1/s1. The molecule has 3 spiro atoms. The highest BCUT2D eigenvalue weighted by Gasteiger charge is 2.73. The fourth-order valence-corrected chi connectivity index (χ4v) is 10.6. The molecular formula is C45H73BNO15-. The fourth-order valence-electron chi connectivity index (χ4n) is 10.6. The average Bonchev–Trinajstić information content (AvgIpc) is 3.84. The lowest BCUT2D eigenvalue weighted by molar-refractivity contribution is -0.311. The van der Waals surface area contributed by atoms with Crippen LogP contribution in [0.3, 0.4) is 0 Å². The van der Waals surface area contributed by atoms with E-state index >= 15 is 4.79 Å². The van der Waals surface area contributed by atoms with Gasteiger partial charge < -0.3 is 63.0 Å². The lowest BCUT2D eigenvalue weighted by Gasteiger charge is -2.52. The number of hydrogen-bond acceptors (Lipinski definition) is 16. The molecule has 6 saturated heterocycles. The van der Waals surface area contributed by atoms with Crippen molar-refractivity contribution in [2.24, 2.45) is 34.3 Å². The Labute approximate surface area is 366 Å². The number of aliphatic hydroxyl groups is 2. The zero-order valence-corrected chi connectivity index (χ0v) is 38.4. The molecule has 7 rings (SSSR count). The molecule has 0 aliphatic carbocycles. The summed E-state index contributed by atoms with van der Waals surface area (Å²) in [7, 11) is 0. The molecule has 17 heteroatoms. The maximum atomic E-state index is 15.0. The molecule has 62 heavy (non-hydrogen) atoms. The normalized spacial score (nSPS) is 46.3. The molecular weight excluding hydrogens is 805 g/mol. The van der Waals surface area contributed by atoms with Crippen LogP contribution in [0.25, 0.3) is 0 Å². The van der Waals surface area contributed by atoms with Gasteiger partial charge in [0, 0.05) is 35.5 Å².